The molecule has 0 saturated heterocycles. The van der Waals surface area contributed by atoms with Crippen LogP contribution in [0.5, 0.6) is 5.88 Å². The van der Waals surface area contributed by atoms with Crippen molar-refractivity contribution in [3.8, 4) is 5.88 Å². The van der Waals surface area contributed by atoms with Crippen LogP contribution in [0.15, 0.2) is 60.8 Å². The topological polar surface area (TPSA) is 80.3 Å². The number of aromatic nitrogens is 1. The molecule has 2 N–H and O–H groups in total. The van der Waals surface area contributed by atoms with Crippen LogP contribution in [0.3, 0.4) is 0 Å². The number of carbonyl (C=O) groups excluding carboxylic acids is 2. The first-order valence-electron chi connectivity index (χ1n) is 8.64. The maximum absolute atomic E-state index is 12.2. The van der Waals surface area contributed by atoms with E-state index < -0.39 is 0 Å². The summed E-state index contributed by atoms with van der Waals surface area (Å²) < 4.78 is 4.99. The van der Waals surface area contributed by atoms with Gasteiger partial charge in [-0.2, -0.15) is 0 Å². The molecule has 6 nitrogen and oxygen atoms in total. The summed E-state index contributed by atoms with van der Waals surface area (Å²) in [5, 5.41) is 7.55. The van der Waals surface area contributed by atoms with E-state index in [0.29, 0.717) is 12.4 Å². The zero-order valence-corrected chi connectivity index (χ0v) is 15.1. The highest BCUT2D eigenvalue weighted by atomic mass is 16.5. The zero-order valence-electron chi connectivity index (χ0n) is 15.1. The summed E-state index contributed by atoms with van der Waals surface area (Å²) in [4.78, 5) is 28.2. The number of amides is 2. The molecule has 0 radical (unpaired) electrons. The summed E-state index contributed by atoms with van der Waals surface area (Å²) in [6, 6.07) is 17.3. The molecule has 6 heteroatoms. The fraction of sp³-hybridized carbons (Fsp3) is 0.190. The highest BCUT2D eigenvalue weighted by molar-refractivity contribution is 5.91. The van der Waals surface area contributed by atoms with Gasteiger partial charge < -0.3 is 15.4 Å². The van der Waals surface area contributed by atoms with Crippen molar-refractivity contribution in [1.29, 1.82) is 0 Å². The van der Waals surface area contributed by atoms with Crippen LogP contribution in [-0.2, 0) is 22.6 Å². The lowest BCUT2D eigenvalue weighted by atomic mass is 10.0. The number of fused-ring (bicyclic) bond motifs is 1. The molecule has 0 unspecified atom stereocenters. The summed E-state index contributed by atoms with van der Waals surface area (Å²) in [7, 11) is 1.55. The van der Waals surface area contributed by atoms with Crippen LogP contribution in [0.4, 0.5) is 0 Å². The van der Waals surface area contributed by atoms with Crippen LogP contribution in [-0.4, -0.2) is 30.5 Å². The Morgan fingerprint density at radius 3 is 2.56 bits per heavy atom. The van der Waals surface area contributed by atoms with Crippen molar-refractivity contribution >= 4 is 22.6 Å². The Bertz CT molecular complexity index is 934. The van der Waals surface area contributed by atoms with Gasteiger partial charge >= 0.3 is 0 Å². The normalized spacial score (nSPS) is 10.4. The molecule has 0 saturated carbocycles. The number of hydrogen-bond donors (Lipinski definition) is 2. The average Bonchev–Trinajstić information content (AvgIpc) is 2.71. The number of ether oxygens (including phenoxy) is 1. The minimum atomic E-state index is -0.253. The lowest BCUT2D eigenvalue weighted by molar-refractivity contribution is -0.125. The SMILES string of the molecule is COc1ccc(CNC(=O)CNC(=O)Cc2cccc3ccccc23)cn1. The van der Waals surface area contributed by atoms with Gasteiger partial charge in [0.2, 0.25) is 17.7 Å². The fourth-order valence-corrected chi connectivity index (χ4v) is 2.76. The number of benzene rings is 2. The highest BCUT2D eigenvalue weighted by Gasteiger charge is 2.09. The first-order valence-corrected chi connectivity index (χ1v) is 8.64. The Hall–Kier alpha value is -3.41. The van der Waals surface area contributed by atoms with Crippen molar-refractivity contribution in [3.63, 3.8) is 0 Å². The van der Waals surface area contributed by atoms with Gasteiger partial charge in [-0.05, 0) is 21.9 Å². The van der Waals surface area contributed by atoms with Gasteiger partial charge in [0, 0.05) is 18.8 Å². The number of methoxy groups -OCH3 is 1. The van der Waals surface area contributed by atoms with Crippen LogP contribution in [0.1, 0.15) is 11.1 Å². The van der Waals surface area contributed by atoms with Crippen molar-refractivity contribution < 1.29 is 14.3 Å². The Morgan fingerprint density at radius 2 is 1.78 bits per heavy atom. The van der Waals surface area contributed by atoms with Gasteiger partial charge in [-0.15, -0.1) is 0 Å². The van der Waals surface area contributed by atoms with Crippen molar-refractivity contribution in [3.05, 3.63) is 71.9 Å². The standard InChI is InChI=1S/C21H21N3O3/c1-27-21-10-9-15(13-24-21)12-22-20(26)14-23-19(25)11-17-7-4-6-16-5-2-3-8-18(16)17/h2-10,13H,11-12,14H2,1H3,(H,22,26)(H,23,25). The summed E-state index contributed by atoms with van der Waals surface area (Å²) in [5.74, 6) is 0.0791. The Balaban J connectivity index is 1.47. The Labute approximate surface area is 157 Å². The van der Waals surface area contributed by atoms with Crippen LogP contribution in [0.2, 0.25) is 0 Å². The van der Waals surface area contributed by atoms with Gasteiger partial charge in [0.25, 0.3) is 0 Å². The van der Waals surface area contributed by atoms with E-state index in [4.69, 9.17) is 4.74 Å². The fourth-order valence-electron chi connectivity index (χ4n) is 2.76. The van der Waals surface area contributed by atoms with Gasteiger partial charge in [0.15, 0.2) is 0 Å². The molecule has 0 aliphatic heterocycles. The Morgan fingerprint density at radius 1 is 0.963 bits per heavy atom. The number of rotatable bonds is 7. The first kappa shape index (κ1) is 18.4. The largest absolute Gasteiger partial charge is 0.481 e. The minimum Gasteiger partial charge on any atom is -0.481 e. The van der Waals surface area contributed by atoms with E-state index >= 15 is 0 Å². The van der Waals surface area contributed by atoms with Crippen molar-refractivity contribution in [2.75, 3.05) is 13.7 Å². The third-order valence-corrected chi connectivity index (χ3v) is 4.17. The van der Waals surface area contributed by atoms with E-state index in [9.17, 15) is 9.59 Å². The molecule has 0 aliphatic rings. The quantitative estimate of drug-likeness (QED) is 0.675. The van der Waals surface area contributed by atoms with E-state index in [1.165, 1.54) is 0 Å². The molecule has 27 heavy (non-hydrogen) atoms. The van der Waals surface area contributed by atoms with E-state index in [0.717, 1.165) is 21.9 Å². The second-order valence-corrected chi connectivity index (χ2v) is 6.08. The van der Waals surface area contributed by atoms with Crippen LogP contribution in [0.25, 0.3) is 10.8 Å². The van der Waals surface area contributed by atoms with Gasteiger partial charge in [0.1, 0.15) is 0 Å². The maximum atomic E-state index is 12.2. The average molecular weight is 363 g/mol. The number of nitrogens with zero attached hydrogens (tertiary/aromatic N) is 1. The first-order chi connectivity index (χ1) is 13.2. The molecule has 1 heterocycles. The predicted molar refractivity (Wildman–Crippen MR) is 103 cm³/mol. The molecular formula is C21H21N3O3. The van der Waals surface area contributed by atoms with E-state index in [1.807, 2.05) is 48.5 Å². The summed E-state index contributed by atoms with van der Waals surface area (Å²) in [5.41, 5.74) is 1.79. The monoisotopic (exact) mass is 363 g/mol. The van der Waals surface area contributed by atoms with Gasteiger partial charge in [-0.25, -0.2) is 4.98 Å². The molecule has 0 fully saturated rings. The second kappa shape index (κ2) is 8.80. The molecule has 2 aromatic carbocycles. The van der Waals surface area contributed by atoms with Gasteiger partial charge in [-0.1, -0.05) is 48.5 Å². The molecule has 3 aromatic rings. The van der Waals surface area contributed by atoms with Crippen LogP contribution >= 0.6 is 0 Å². The minimum absolute atomic E-state index is 0.0623. The highest BCUT2D eigenvalue weighted by Crippen LogP contribution is 2.18. The van der Waals surface area contributed by atoms with Gasteiger partial charge in [-0.3, -0.25) is 9.59 Å². The van der Waals surface area contributed by atoms with Crippen molar-refractivity contribution in [1.82, 2.24) is 15.6 Å². The number of pyridine rings is 1. The summed E-state index contributed by atoms with van der Waals surface area (Å²) >= 11 is 0. The molecular weight excluding hydrogens is 342 g/mol. The summed E-state index contributed by atoms with van der Waals surface area (Å²) in [6.07, 6.45) is 1.87. The third kappa shape index (κ3) is 5.04. The molecule has 0 atom stereocenters. The lowest BCUT2D eigenvalue weighted by Crippen LogP contribution is -2.37. The van der Waals surface area contributed by atoms with Crippen LogP contribution < -0.4 is 15.4 Å². The number of nitrogens with one attached hydrogen (secondary N) is 2. The smallest absolute Gasteiger partial charge is 0.239 e. The lowest BCUT2D eigenvalue weighted by Gasteiger charge is -2.09. The molecule has 1 aromatic heterocycles. The van der Waals surface area contributed by atoms with Crippen molar-refractivity contribution in [2.45, 2.75) is 13.0 Å². The molecule has 3 rings (SSSR count). The maximum Gasteiger partial charge on any atom is 0.239 e. The molecule has 0 bridgehead atoms. The second-order valence-electron chi connectivity index (χ2n) is 6.08. The Kier molecular flexibility index (Phi) is 5.99. The molecule has 2 amide bonds. The van der Waals surface area contributed by atoms with Crippen LogP contribution in [0, 0.1) is 0 Å². The third-order valence-electron chi connectivity index (χ3n) is 4.17. The number of hydrogen-bond acceptors (Lipinski definition) is 4. The molecule has 0 spiro atoms. The number of carbonyl (C=O) groups is 2. The van der Waals surface area contributed by atoms with E-state index in [2.05, 4.69) is 15.6 Å². The van der Waals surface area contributed by atoms with E-state index in [-0.39, 0.29) is 24.8 Å². The van der Waals surface area contributed by atoms with Crippen molar-refractivity contribution in [2.24, 2.45) is 0 Å². The van der Waals surface area contributed by atoms with Gasteiger partial charge in [0.05, 0.1) is 20.1 Å². The summed E-state index contributed by atoms with van der Waals surface area (Å²) in [6.45, 7) is 0.280. The zero-order chi connectivity index (χ0) is 19.1. The molecule has 138 valence electrons. The van der Waals surface area contributed by atoms with E-state index in [1.54, 1.807) is 19.4 Å². The molecule has 0 aliphatic carbocycles. The predicted octanol–water partition coefficient (Wildman–Crippen LogP) is 2.22.